The lowest BCUT2D eigenvalue weighted by Crippen LogP contribution is -1.99. The van der Waals surface area contributed by atoms with Gasteiger partial charge in [-0.25, -0.2) is 4.68 Å². The number of nitrogens with zero attached hydrogens (tertiary/aromatic N) is 3. The van der Waals surface area contributed by atoms with Crippen LogP contribution in [0.4, 0.5) is 0 Å². The molecule has 1 aromatic heterocycles. The Labute approximate surface area is 116 Å². The van der Waals surface area contributed by atoms with Crippen LogP contribution >= 0.6 is 0 Å². The van der Waals surface area contributed by atoms with E-state index in [0.717, 1.165) is 4.68 Å². The average Bonchev–Trinajstić information content (AvgIpc) is 3.00. The van der Waals surface area contributed by atoms with Crippen LogP contribution in [0.15, 0.2) is 66.7 Å². The molecule has 1 atom stereocenters. The standard InChI is InChI=1S/C15H13N3/c1-3-7-13(8-4-1)11-18-12-15(16-17-18)14-9-5-2-6-10-14/h1-10,12H,11H2/i2D,5D,6D,9D,10D,11D,12D. The van der Waals surface area contributed by atoms with E-state index in [-0.39, 0.29) is 17.4 Å². The molecular weight excluding hydrogens is 222 g/mol. The van der Waals surface area contributed by atoms with Gasteiger partial charge in [0.05, 0.1) is 22.3 Å². The fourth-order valence-corrected chi connectivity index (χ4v) is 1.46. The minimum absolute atomic E-state index is 0.148. The van der Waals surface area contributed by atoms with E-state index >= 15 is 0 Å². The Balaban J connectivity index is 2.15. The van der Waals surface area contributed by atoms with Crippen molar-refractivity contribution in [1.82, 2.24) is 15.0 Å². The monoisotopic (exact) mass is 242 g/mol. The third-order valence-corrected chi connectivity index (χ3v) is 2.27. The van der Waals surface area contributed by atoms with E-state index in [4.69, 9.17) is 9.60 Å². The van der Waals surface area contributed by atoms with Crippen LogP contribution in [0.25, 0.3) is 11.3 Å². The van der Waals surface area contributed by atoms with Crippen molar-refractivity contribution in [2.75, 3.05) is 0 Å². The van der Waals surface area contributed by atoms with Crippen LogP contribution in [0.2, 0.25) is 0 Å². The van der Waals surface area contributed by atoms with Gasteiger partial charge in [0.2, 0.25) is 0 Å². The molecule has 3 heteroatoms. The van der Waals surface area contributed by atoms with Crippen molar-refractivity contribution in [1.29, 1.82) is 0 Å². The van der Waals surface area contributed by atoms with Gasteiger partial charge in [0.1, 0.15) is 5.69 Å². The van der Waals surface area contributed by atoms with Gasteiger partial charge in [-0.1, -0.05) is 65.8 Å². The number of rotatable bonds is 3. The second kappa shape index (κ2) is 4.84. The zero-order chi connectivity index (χ0) is 18.3. The van der Waals surface area contributed by atoms with Crippen LogP contribution in [0.1, 0.15) is 15.2 Å². The van der Waals surface area contributed by atoms with E-state index in [0.29, 0.717) is 5.56 Å². The van der Waals surface area contributed by atoms with Gasteiger partial charge in [-0.2, -0.15) is 0 Å². The Kier molecular flexibility index (Phi) is 1.47. The van der Waals surface area contributed by atoms with Crippen molar-refractivity contribution in [2.24, 2.45) is 0 Å². The molecule has 0 spiro atoms. The van der Waals surface area contributed by atoms with Gasteiger partial charge in [0.25, 0.3) is 0 Å². The molecule has 0 radical (unpaired) electrons. The van der Waals surface area contributed by atoms with Crippen LogP contribution in [0.5, 0.6) is 0 Å². The van der Waals surface area contributed by atoms with Gasteiger partial charge in [0.15, 0.2) is 0 Å². The minimum atomic E-state index is -1.03. The Morgan fingerprint density at radius 2 is 1.89 bits per heavy atom. The van der Waals surface area contributed by atoms with Gasteiger partial charge < -0.3 is 0 Å². The maximum Gasteiger partial charge on any atom is 0.113 e. The molecule has 3 rings (SSSR count). The van der Waals surface area contributed by atoms with E-state index in [1.54, 1.807) is 30.3 Å². The van der Waals surface area contributed by atoms with E-state index in [9.17, 15) is 0 Å². The van der Waals surface area contributed by atoms with Gasteiger partial charge in [-0.05, 0) is 5.56 Å². The molecule has 88 valence electrons. The lowest BCUT2D eigenvalue weighted by molar-refractivity contribution is 0.650. The highest BCUT2D eigenvalue weighted by molar-refractivity contribution is 5.57. The van der Waals surface area contributed by atoms with E-state index in [2.05, 4.69) is 10.3 Å². The molecule has 0 saturated heterocycles. The number of hydrogen-bond donors (Lipinski definition) is 0. The van der Waals surface area contributed by atoms with Crippen LogP contribution < -0.4 is 0 Å². The van der Waals surface area contributed by atoms with Crippen LogP contribution in [-0.4, -0.2) is 15.0 Å². The summed E-state index contributed by atoms with van der Waals surface area (Å²) >= 11 is 0. The summed E-state index contributed by atoms with van der Waals surface area (Å²) in [6.45, 7) is -1.03. The SMILES string of the molecule is [2H]c1c([2H])c([2H])c(-c2nnn(C([2H])c3ccccc3)c2[2H])c([2H])c1[2H]. The fraction of sp³-hybridized carbons (Fsp3) is 0.0667. The Morgan fingerprint density at radius 1 is 1.11 bits per heavy atom. The van der Waals surface area contributed by atoms with Crippen molar-refractivity contribution >= 4 is 0 Å². The molecular formula is C15H13N3. The zero-order valence-electron chi connectivity index (χ0n) is 16.3. The summed E-state index contributed by atoms with van der Waals surface area (Å²) in [6.07, 6.45) is -0.289. The summed E-state index contributed by atoms with van der Waals surface area (Å²) in [5, 5.41) is 7.59. The molecule has 0 aliphatic carbocycles. The third-order valence-electron chi connectivity index (χ3n) is 2.27. The normalized spacial score (nSPS) is 17.7. The van der Waals surface area contributed by atoms with Gasteiger partial charge in [0, 0.05) is 5.56 Å². The van der Waals surface area contributed by atoms with Crippen LogP contribution in [0.3, 0.4) is 0 Å². The largest absolute Gasteiger partial charge is 0.247 e. The molecule has 18 heavy (non-hydrogen) atoms. The molecule has 3 nitrogen and oxygen atoms in total. The van der Waals surface area contributed by atoms with Gasteiger partial charge in [-0.15, -0.1) is 5.10 Å². The van der Waals surface area contributed by atoms with Gasteiger partial charge >= 0.3 is 0 Å². The Hall–Kier alpha value is -2.42. The van der Waals surface area contributed by atoms with Crippen molar-refractivity contribution in [3.05, 3.63) is 72.3 Å². The van der Waals surface area contributed by atoms with E-state index in [1.165, 1.54) is 0 Å². The second-order valence-corrected chi connectivity index (χ2v) is 3.53. The summed E-state index contributed by atoms with van der Waals surface area (Å²) in [6, 6.07) is 6.32. The van der Waals surface area contributed by atoms with Crippen LogP contribution in [0, 0.1) is 0 Å². The Morgan fingerprint density at radius 3 is 2.67 bits per heavy atom. The molecule has 0 aliphatic rings. The number of hydrogen-bond acceptors (Lipinski definition) is 2. The molecule has 3 aromatic rings. The maximum absolute atomic E-state index is 8.24. The van der Waals surface area contributed by atoms with Crippen molar-refractivity contribution in [2.45, 2.75) is 6.52 Å². The van der Waals surface area contributed by atoms with Crippen molar-refractivity contribution in [3.63, 3.8) is 0 Å². The fourth-order valence-electron chi connectivity index (χ4n) is 1.46. The predicted molar refractivity (Wildman–Crippen MR) is 71.0 cm³/mol. The zero-order valence-corrected chi connectivity index (χ0v) is 9.31. The molecule has 1 heterocycles. The maximum atomic E-state index is 8.24. The van der Waals surface area contributed by atoms with E-state index < -0.39 is 36.7 Å². The summed E-state index contributed by atoms with van der Waals surface area (Å²) in [4.78, 5) is 0. The van der Waals surface area contributed by atoms with Crippen LogP contribution in [-0.2, 0) is 6.52 Å². The molecule has 1 unspecified atom stereocenters. The highest BCUT2D eigenvalue weighted by Crippen LogP contribution is 2.15. The molecule has 0 N–H and O–H groups in total. The molecule has 0 fully saturated rings. The molecule has 2 aromatic carbocycles. The van der Waals surface area contributed by atoms with E-state index in [1.807, 2.05) is 0 Å². The average molecular weight is 242 g/mol. The number of benzene rings is 2. The quantitative estimate of drug-likeness (QED) is 0.707. The molecule has 0 bridgehead atoms. The smallest absolute Gasteiger partial charge is 0.113 e. The molecule has 0 saturated carbocycles. The predicted octanol–water partition coefficient (Wildman–Crippen LogP) is 2.99. The number of aromatic nitrogens is 3. The first kappa shape index (κ1) is 5.48. The lowest BCUT2D eigenvalue weighted by Gasteiger charge is -1.99. The first-order valence-electron chi connectivity index (χ1n) is 8.88. The second-order valence-electron chi connectivity index (χ2n) is 3.53. The van der Waals surface area contributed by atoms with Crippen molar-refractivity contribution < 1.29 is 9.60 Å². The summed E-state index contributed by atoms with van der Waals surface area (Å²) in [7, 11) is 0. The topological polar surface area (TPSA) is 30.7 Å². The Bertz CT molecular complexity index is 911. The minimum Gasteiger partial charge on any atom is -0.247 e. The third kappa shape index (κ3) is 2.30. The summed E-state index contributed by atoms with van der Waals surface area (Å²) < 4.78 is 56.5. The molecule has 0 aliphatic heterocycles. The highest BCUT2D eigenvalue weighted by atomic mass is 15.4. The highest BCUT2D eigenvalue weighted by Gasteiger charge is 2.03. The summed E-state index contributed by atoms with van der Waals surface area (Å²) in [5.41, 5.74) is 0.251. The lowest BCUT2D eigenvalue weighted by atomic mass is 10.2. The van der Waals surface area contributed by atoms with Crippen molar-refractivity contribution in [3.8, 4) is 11.3 Å². The van der Waals surface area contributed by atoms with Gasteiger partial charge in [-0.3, -0.25) is 0 Å². The summed E-state index contributed by atoms with van der Waals surface area (Å²) in [5.74, 6) is 0. The first-order valence-corrected chi connectivity index (χ1v) is 5.30. The first-order chi connectivity index (χ1) is 11.8. The molecule has 0 amide bonds.